The first-order chi connectivity index (χ1) is 42.4. The molecule has 31 heteroatoms. The van der Waals surface area contributed by atoms with Gasteiger partial charge in [0, 0.05) is 97.6 Å². The number of carbonyl (C=O) groups excluding carboxylic acids is 6. The van der Waals surface area contributed by atoms with Gasteiger partial charge < -0.3 is 73.2 Å². The molecular weight excluding hydrogens is 1180 g/mol. The van der Waals surface area contributed by atoms with Gasteiger partial charge in [-0.3, -0.25) is 67.5 Å². The van der Waals surface area contributed by atoms with E-state index in [9.17, 15) is 83.1 Å². The number of thiocarbonyl (C=S) groups is 1. The lowest BCUT2D eigenvalue weighted by atomic mass is 10.0. The van der Waals surface area contributed by atoms with E-state index < -0.39 is 126 Å². The molecule has 0 aliphatic carbocycles. The smallest absolute Gasteiger partial charge is 0.326 e. The van der Waals surface area contributed by atoms with E-state index in [1.807, 2.05) is 0 Å². The van der Waals surface area contributed by atoms with Crippen molar-refractivity contribution < 1.29 is 88.2 Å². The first kappa shape index (κ1) is 72.3. The average Bonchev–Trinajstić information content (AvgIpc) is 3.47. The summed E-state index contributed by atoms with van der Waals surface area (Å²) >= 11 is 5.06. The topological polar surface area (TPSA) is 435 Å². The molecule has 3 aromatic carbocycles. The second-order valence-electron chi connectivity index (χ2n) is 20.9. The number of nitrogens with zero attached hydrogens (tertiary/aromatic N) is 4. The quantitative estimate of drug-likeness (QED) is 0.0206. The van der Waals surface area contributed by atoms with Crippen LogP contribution in [0.3, 0.4) is 0 Å². The number of carbonyl (C=O) groups is 12. The van der Waals surface area contributed by atoms with Crippen molar-refractivity contribution in [3.8, 4) is 0 Å². The van der Waals surface area contributed by atoms with Crippen LogP contribution in [0.5, 0.6) is 0 Å². The molecule has 14 N–H and O–H groups in total. The van der Waals surface area contributed by atoms with E-state index in [2.05, 4.69) is 42.5 Å². The molecule has 6 amide bonds. The molecule has 5 atom stereocenters. The number of hydrogen-bond donors (Lipinski definition) is 14. The molecule has 0 aromatic heterocycles. The minimum Gasteiger partial charge on any atom is -0.481 e. The Morgan fingerprint density at radius 1 is 0.371 bits per heavy atom. The second kappa shape index (κ2) is 38.9. The maximum Gasteiger partial charge on any atom is 0.326 e. The van der Waals surface area contributed by atoms with Crippen LogP contribution in [-0.4, -0.2) is 255 Å². The number of rotatable bonds is 35. The second-order valence-corrected chi connectivity index (χ2v) is 21.3. The van der Waals surface area contributed by atoms with E-state index in [4.69, 9.17) is 17.3 Å². The SMILES string of the molecule is O=C(O)CC[C@H](NC(=S)N[C@@H](CCC(=O)N[C@@H](Cc1ccccc1)C(=O)NCCNC(=O)CNC(=O)C(Cc1ccccc1)NC(=O)[C@H](Cc1ccccc1)NC(=O)CN1CCN(CC(=O)O)CCN(CC(=O)O)CCN(CC(=O)O)CC1)C(=O)O)C(=O)O. The van der Waals surface area contributed by atoms with Crippen LogP contribution in [0.1, 0.15) is 42.4 Å². The number of carboxylic acid groups (broad SMARTS) is 6. The molecule has 30 nitrogen and oxygen atoms in total. The van der Waals surface area contributed by atoms with Crippen LogP contribution >= 0.6 is 12.2 Å². The summed E-state index contributed by atoms with van der Waals surface area (Å²) in [6.45, 7) is -1.09. The van der Waals surface area contributed by atoms with Gasteiger partial charge in [0.25, 0.3) is 0 Å². The zero-order valence-corrected chi connectivity index (χ0v) is 49.7. The molecule has 1 aliphatic heterocycles. The van der Waals surface area contributed by atoms with Gasteiger partial charge in [0.2, 0.25) is 35.4 Å². The lowest BCUT2D eigenvalue weighted by Gasteiger charge is -2.33. The van der Waals surface area contributed by atoms with Crippen molar-refractivity contribution in [2.75, 3.05) is 98.2 Å². The lowest BCUT2D eigenvalue weighted by Crippen LogP contribution is -2.57. The van der Waals surface area contributed by atoms with Crippen molar-refractivity contribution in [2.45, 2.75) is 75.2 Å². The average molecular weight is 1260 g/mol. The molecule has 3 aromatic rings. The number of carboxylic acids is 6. The van der Waals surface area contributed by atoms with Crippen LogP contribution in [0, 0.1) is 0 Å². The molecule has 1 fully saturated rings. The van der Waals surface area contributed by atoms with Gasteiger partial charge in [-0.25, -0.2) is 9.59 Å². The van der Waals surface area contributed by atoms with E-state index in [1.165, 1.54) is 0 Å². The van der Waals surface area contributed by atoms with E-state index >= 15 is 0 Å². The lowest BCUT2D eigenvalue weighted by molar-refractivity contribution is -0.141. The van der Waals surface area contributed by atoms with Crippen molar-refractivity contribution >= 4 is 88.6 Å². The van der Waals surface area contributed by atoms with Gasteiger partial charge in [-0.15, -0.1) is 0 Å². The van der Waals surface area contributed by atoms with Crippen LogP contribution in [0.15, 0.2) is 91.0 Å². The molecule has 4 rings (SSSR count). The summed E-state index contributed by atoms with van der Waals surface area (Å²) in [4.78, 5) is 159. The van der Waals surface area contributed by atoms with Gasteiger partial charge in [-0.1, -0.05) is 91.0 Å². The molecule has 1 heterocycles. The minimum absolute atomic E-state index is 0.00415. The molecule has 0 saturated carbocycles. The number of amides is 6. The van der Waals surface area contributed by atoms with Crippen molar-refractivity contribution in [2.24, 2.45) is 0 Å². The van der Waals surface area contributed by atoms with E-state index in [-0.39, 0.29) is 124 Å². The molecule has 1 unspecified atom stereocenters. The van der Waals surface area contributed by atoms with Gasteiger partial charge >= 0.3 is 35.8 Å². The predicted octanol–water partition coefficient (Wildman–Crippen LogP) is -2.99. The Kier molecular flexibility index (Phi) is 31.6. The highest BCUT2D eigenvalue weighted by molar-refractivity contribution is 7.80. The Bertz CT molecular complexity index is 2850. The highest BCUT2D eigenvalue weighted by Gasteiger charge is 2.30. The molecule has 1 aliphatic rings. The van der Waals surface area contributed by atoms with Crippen molar-refractivity contribution in [3.05, 3.63) is 108 Å². The fraction of sp³-hybridized carbons (Fsp3) is 0.466. The number of aliphatic carboxylic acids is 6. The van der Waals surface area contributed by atoms with Crippen LogP contribution in [-0.2, 0) is 76.8 Å². The molecule has 89 heavy (non-hydrogen) atoms. The highest BCUT2D eigenvalue weighted by atomic mass is 32.1. The van der Waals surface area contributed by atoms with Crippen LogP contribution < -0.4 is 42.5 Å². The first-order valence-electron chi connectivity index (χ1n) is 28.5. The summed E-state index contributed by atoms with van der Waals surface area (Å²) in [6.07, 6.45) is -1.74. The standard InChI is InChI=1S/C58H78N12O18S/c71-46(18-16-41(56(85)86)65-58(89)66-42(57(87)88)17-19-49(74)75)62-43(30-38-10-4-1-5-11-38)53(82)60-21-20-59-47(72)33-61-54(83)44(31-39-12-6-2-7-13-39)64-55(84)45(32-40-14-8-3-9-15-40)63-48(73)34-67-22-24-68(35-50(76)77)26-28-70(37-52(80)81)29-27-69(25-23-67)36-51(78)79/h1-15,41-45H,16-37H2,(H,59,72)(H,60,82)(H,61,83)(H,62,71)(H,63,73)(H,64,84)(H,74,75)(H,76,77)(H,78,79)(H,80,81)(H,85,86)(H,87,88)(H2,65,66,89)/t41-,42-,43-,44?,45-/m0/s1. The Labute approximate surface area is 518 Å². The summed E-state index contributed by atoms with van der Waals surface area (Å²) in [5.74, 6) is -11.7. The number of hydrogen-bond acceptors (Lipinski definition) is 17. The summed E-state index contributed by atoms with van der Waals surface area (Å²) < 4.78 is 0. The van der Waals surface area contributed by atoms with E-state index in [1.54, 1.807) is 111 Å². The van der Waals surface area contributed by atoms with Gasteiger partial charge in [0.1, 0.15) is 30.2 Å². The van der Waals surface area contributed by atoms with Gasteiger partial charge in [0.15, 0.2) is 5.11 Å². The van der Waals surface area contributed by atoms with Crippen molar-refractivity contribution in [1.29, 1.82) is 0 Å². The Morgan fingerprint density at radius 3 is 1.11 bits per heavy atom. The minimum atomic E-state index is -1.49. The molecule has 1 saturated heterocycles. The first-order valence-corrected chi connectivity index (χ1v) is 29.0. The molecule has 484 valence electrons. The summed E-state index contributed by atoms with van der Waals surface area (Å²) in [7, 11) is 0. The summed E-state index contributed by atoms with van der Waals surface area (Å²) in [5.41, 5.74) is 1.94. The Balaban J connectivity index is 1.39. The number of benzene rings is 3. The van der Waals surface area contributed by atoms with E-state index in [0.717, 1.165) is 0 Å². The van der Waals surface area contributed by atoms with Crippen LogP contribution in [0.25, 0.3) is 0 Å². The zero-order chi connectivity index (χ0) is 65.3. The maximum absolute atomic E-state index is 14.4. The third-order valence-electron chi connectivity index (χ3n) is 13.8. The van der Waals surface area contributed by atoms with Gasteiger partial charge in [-0.2, -0.15) is 0 Å². The highest BCUT2D eigenvalue weighted by Crippen LogP contribution is 2.10. The molecule has 0 spiro atoms. The molecular formula is C58H78N12O18S. The van der Waals surface area contributed by atoms with E-state index in [0.29, 0.717) is 16.7 Å². The third-order valence-corrected chi connectivity index (χ3v) is 14.1. The van der Waals surface area contributed by atoms with Crippen LogP contribution in [0.2, 0.25) is 0 Å². The number of nitrogens with one attached hydrogen (secondary N) is 8. The molecule has 0 radical (unpaired) electrons. The predicted molar refractivity (Wildman–Crippen MR) is 322 cm³/mol. The van der Waals surface area contributed by atoms with Crippen molar-refractivity contribution in [3.63, 3.8) is 0 Å². The van der Waals surface area contributed by atoms with Gasteiger partial charge in [-0.05, 0) is 41.7 Å². The maximum atomic E-state index is 14.4. The Morgan fingerprint density at radius 2 is 0.719 bits per heavy atom. The Hall–Kier alpha value is -9.17. The normalized spacial score (nSPS) is 15.2. The van der Waals surface area contributed by atoms with Crippen LogP contribution in [0.4, 0.5) is 0 Å². The molecule has 0 bridgehead atoms. The van der Waals surface area contributed by atoms with Crippen molar-refractivity contribution in [1.82, 2.24) is 62.1 Å². The largest absolute Gasteiger partial charge is 0.481 e. The van der Waals surface area contributed by atoms with Gasteiger partial charge in [0.05, 0.1) is 32.7 Å². The fourth-order valence-corrected chi connectivity index (χ4v) is 9.51. The third kappa shape index (κ3) is 29.9. The summed E-state index contributed by atoms with van der Waals surface area (Å²) in [6, 6.07) is 19.3. The monoisotopic (exact) mass is 1260 g/mol. The summed E-state index contributed by atoms with van der Waals surface area (Å²) in [5, 5.41) is 77.3. The zero-order valence-electron chi connectivity index (χ0n) is 48.9. The fourth-order valence-electron chi connectivity index (χ4n) is 9.22.